The fourth-order valence-corrected chi connectivity index (χ4v) is 5.20. The van der Waals surface area contributed by atoms with E-state index in [1.165, 1.54) is 33.7 Å². The monoisotopic (exact) mass is 541 g/mol. The van der Waals surface area contributed by atoms with Crippen LogP contribution in [0.15, 0.2) is 82.8 Å². The molecule has 2 aromatic carbocycles. The first kappa shape index (κ1) is 27.7. The zero-order chi connectivity index (χ0) is 26.8. The third-order valence-corrected chi connectivity index (χ3v) is 7.75. The van der Waals surface area contributed by atoms with Crippen molar-refractivity contribution in [3.05, 3.63) is 101 Å². The summed E-state index contributed by atoms with van der Waals surface area (Å²) in [5.74, 6) is -0.195. The van der Waals surface area contributed by atoms with Crippen molar-refractivity contribution >= 4 is 22.0 Å². The number of sulfonamides is 1. The Balaban J connectivity index is 1.53. The minimum atomic E-state index is -3.92. The largest absolute Gasteiger partial charge is 0.467 e. The highest BCUT2D eigenvalue weighted by Gasteiger charge is 2.27. The minimum Gasteiger partial charge on any atom is -0.467 e. The Morgan fingerprint density at radius 2 is 1.71 bits per heavy atom. The summed E-state index contributed by atoms with van der Waals surface area (Å²) >= 11 is 0. The van der Waals surface area contributed by atoms with Gasteiger partial charge in [-0.3, -0.25) is 9.69 Å². The Hall–Kier alpha value is -3.31. The fourth-order valence-electron chi connectivity index (χ4n) is 4.07. The standard InChI is InChI=1S/C28H32FN3O5S/c29-26-10-8-25(9-11-26)21-31(22-27-7-4-17-37-27)28(33)23-32(14-13-30-15-18-36-19-16-30)38(34,35)20-12-24-5-2-1-3-6-24/h1-12,17,20H,13-16,18-19,21-23H2. The van der Waals surface area contributed by atoms with Crippen LogP contribution in [0.4, 0.5) is 4.39 Å². The van der Waals surface area contributed by atoms with Crippen LogP contribution in [-0.4, -0.2) is 74.4 Å². The maximum Gasteiger partial charge on any atom is 0.238 e. The summed E-state index contributed by atoms with van der Waals surface area (Å²) in [5, 5.41) is 1.14. The molecule has 1 aliphatic heterocycles. The molecule has 38 heavy (non-hydrogen) atoms. The Labute approximate surface area is 223 Å². The molecular weight excluding hydrogens is 509 g/mol. The lowest BCUT2D eigenvalue weighted by Crippen LogP contribution is -2.46. The van der Waals surface area contributed by atoms with Gasteiger partial charge in [0.25, 0.3) is 0 Å². The molecule has 0 saturated carbocycles. The Bertz CT molecular complexity index is 1280. The molecular formula is C28H32FN3O5S. The van der Waals surface area contributed by atoms with Gasteiger partial charge in [0, 0.05) is 38.1 Å². The number of halogens is 1. The highest BCUT2D eigenvalue weighted by molar-refractivity contribution is 7.92. The summed E-state index contributed by atoms with van der Waals surface area (Å²) in [7, 11) is -3.92. The molecule has 3 aromatic rings. The van der Waals surface area contributed by atoms with Crippen molar-refractivity contribution in [2.75, 3.05) is 45.9 Å². The second kappa shape index (κ2) is 13.5. The van der Waals surface area contributed by atoms with Gasteiger partial charge in [0.2, 0.25) is 15.9 Å². The number of furan rings is 1. The predicted molar refractivity (Wildman–Crippen MR) is 143 cm³/mol. The van der Waals surface area contributed by atoms with Crippen molar-refractivity contribution < 1.29 is 26.8 Å². The number of nitrogens with zero attached hydrogens (tertiary/aromatic N) is 3. The molecule has 0 spiro atoms. The van der Waals surface area contributed by atoms with Crippen molar-refractivity contribution in [2.45, 2.75) is 13.1 Å². The van der Waals surface area contributed by atoms with Gasteiger partial charge in [-0.2, -0.15) is 4.31 Å². The van der Waals surface area contributed by atoms with Crippen molar-refractivity contribution in [3.63, 3.8) is 0 Å². The van der Waals surface area contributed by atoms with Crippen LogP contribution in [0.1, 0.15) is 16.9 Å². The maximum absolute atomic E-state index is 13.6. The van der Waals surface area contributed by atoms with E-state index in [4.69, 9.17) is 9.15 Å². The van der Waals surface area contributed by atoms with E-state index in [-0.39, 0.29) is 37.9 Å². The highest BCUT2D eigenvalue weighted by Crippen LogP contribution is 2.15. The van der Waals surface area contributed by atoms with E-state index in [1.54, 1.807) is 24.3 Å². The average molecular weight is 542 g/mol. The number of ether oxygens (including phenoxy) is 1. The third-order valence-electron chi connectivity index (χ3n) is 6.24. The number of carbonyl (C=O) groups is 1. The number of hydrogen-bond donors (Lipinski definition) is 0. The van der Waals surface area contributed by atoms with Gasteiger partial charge in [-0.25, -0.2) is 12.8 Å². The first-order valence-corrected chi connectivity index (χ1v) is 14.0. The van der Waals surface area contributed by atoms with Gasteiger partial charge in [-0.15, -0.1) is 0 Å². The van der Waals surface area contributed by atoms with Crippen LogP contribution in [-0.2, 0) is 32.6 Å². The van der Waals surface area contributed by atoms with Gasteiger partial charge < -0.3 is 14.1 Å². The minimum absolute atomic E-state index is 0.151. The van der Waals surface area contributed by atoms with E-state index in [0.717, 1.165) is 16.5 Å². The van der Waals surface area contributed by atoms with Gasteiger partial charge in [-0.05, 0) is 41.5 Å². The highest BCUT2D eigenvalue weighted by atomic mass is 32.2. The topological polar surface area (TPSA) is 83.3 Å². The molecule has 0 bridgehead atoms. The van der Waals surface area contributed by atoms with Crippen LogP contribution in [0.5, 0.6) is 0 Å². The van der Waals surface area contributed by atoms with Gasteiger partial charge in [-0.1, -0.05) is 42.5 Å². The maximum atomic E-state index is 13.6. The SMILES string of the molecule is O=C(CN(CCN1CCOCC1)S(=O)(=O)C=Cc1ccccc1)N(Cc1ccc(F)cc1)Cc1ccco1. The van der Waals surface area contributed by atoms with E-state index >= 15 is 0 Å². The number of rotatable bonds is 12. The molecule has 8 nitrogen and oxygen atoms in total. The number of morpholine rings is 1. The zero-order valence-corrected chi connectivity index (χ0v) is 21.9. The Morgan fingerprint density at radius 3 is 2.39 bits per heavy atom. The molecule has 1 amide bonds. The molecule has 202 valence electrons. The lowest BCUT2D eigenvalue weighted by Gasteiger charge is -2.30. The van der Waals surface area contributed by atoms with Crippen LogP contribution in [0, 0.1) is 5.82 Å². The number of amides is 1. The molecule has 1 aliphatic rings. The van der Waals surface area contributed by atoms with Crippen molar-refractivity contribution in [3.8, 4) is 0 Å². The zero-order valence-electron chi connectivity index (χ0n) is 21.1. The third kappa shape index (κ3) is 8.35. The molecule has 1 saturated heterocycles. The van der Waals surface area contributed by atoms with Crippen molar-refractivity contribution in [1.82, 2.24) is 14.1 Å². The van der Waals surface area contributed by atoms with Crippen LogP contribution in [0.2, 0.25) is 0 Å². The van der Waals surface area contributed by atoms with Crippen LogP contribution in [0.25, 0.3) is 6.08 Å². The molecule has 0 unspecified atom stereocenters. The van der Waals surface area contributed by atoms with Gasteiger partial charge >= 0.3 is 0 Å². The number of hydrogen-bond acceptors (Lipinski definition) is 6. The second-order valence-electron chi connectivity index (χ2n) is 9.00. The summed E-state index contributed by atoms with van der Waals surface area (Å²) in [6, 6.07) is 18.5. The van der Waals surface area contributed by atoms with E-state index in [9.17, 15) is 17.6 Å². The summed E-state index contributed by atoms with van der Waals surface area (Å²) in [4.78, 5) is 17.2. The first-order valence-electron chi connectivity index (χ1n) is 12.5. The van der Waals surface area contributed by atoms with E-state index in [0.29, 0.717) is 38.6 Å². The molecule has 0 aliphatic carbocycles. The van der Waals surface area contributed by atoms with Crippen LogP contribution < -0.4 is 0 Å². The lowest BCUT2D eigenvalue weighted by atomic mass is 10.2. The quantitative estimate of drug-likeness (QED) is 0.349. The second-order valence-corrected chi connectivity index (χ2v) is 10.8. The molecule has 0 radical (unpaired) electrons. The molecule has 4 rings (SSSR count). The molecule has 0 atom stereocenters. The summed E-state index contributed by atoms with van der Waals surface area (Å²) in [5.41, 5.74) is 1.46. The Kier molecular flexibility index (Phi) is 9.83. The van der Waals surface area contributed by atoms with E-state index < -0.39 is 10.0 Å². The molecule has 1 fully saturated rings. The van der Waals surface area contributed by atoms with Gasteiger partial charge in [0.05, 0.1) is 32.6 Å². The first-order chi connectivity index (χ1) is 18.4. The average Bonchev–Trinajstić information content (AvgIpc) is 3.45. The van der Waals surface area contributed by atoms with E-state index in [1.807, 2.05) is 30.3 Å². The van der Waals surface area contributed by atoms with Gasteiger partial charge in [0.1, 0.15) is 11.6 Å². The summed E-state index contributed by atoms with van der Waals surface area (Å²) in [6.07, 6.45) is 3.05. The van der Waals surface area contributed by atoms with Crippen LogP contribution >= 0.6 is 0 Å². The molecule has 10 heteroatoms. The van der Waals surface area contributed by atoms with Crippen molar-refractivity contribution in [2.24, 2.45) is 0 Å². The van der Waals surface area contributed by atoms with Crippen molar-refractivity contribution in [1.29, 1.82) is 0 Å². The van der Waals surface area contributed by atoms with E-state index in [2.05, 4.69) is 4.90 Å². The molecule has 0 N–H and O–H groups in total. The van der Waals surface area contributed by atoms with Crippen LogP contribution in [0.3, 0.4) is 0 Å². The van der Waals surface area contributed by atoms with Gasteiger partial charge in [0.15, 0.2) is 0 Å². The fraction of sp³-hybridized carbons (Fsp3) is 0.321. The normalized spacial score (nSPS) is 14.8. The summed E-state index contributed by atoms with van der Waals surface area (Å²) < 4.78 is 52.3. The number of benzene rings is 2. The summed E-state index contributed by atoms with van der Waals surface area (Å²) in [6.45, 7) is 3.21. The smallest absolute Gasteiger partial charge is 0.238 e. The molecule has 1 aromatic heterocycles. The Morgan fingerprint density at radius 1 is 0.974 bits per heavy atom. The lowest BCUT2D eigenvalue weighted by molar-refractivity contribution is -0.133. The number of carbonyl (C=O) groups excluding carboxylic acids is 1. The molecule has 2 heterocycles. The predicted octanol–water partition coefficient (Wildman–Crippen LogP) is 3.58.